The average Bonchev–Trinajstić information content (AvgIpc) is 2.12. The molecule has 9 heteroatoms. The molecular formula is C10H16F6O3. The molecule has 2 unspecified atom stereocenters. The van der Waals surface area contributed by atoms with Gasteiger partial charge in [-0.2, -0.15) is 26.3 Å². The molecule has 19 heavy (non-hydrogen) atoms. The van der Waals surface area contributed by atoms with Crippen LogP contribution in [0.4, 0.5) is 26.3 Å². The Bertz CT molecular complexity index is 216. The Morgan fingerprint density at radius 3 is 1.32 bits per heavy atom. The van der Waals surface area contributed by atoms with Crippen molar-refractivity contribution in [1.29, 1.82) is 0 Å². The molecule has 0 aromatic rings. The molecule has 0 spiro atoms. The van der Waals surface area contributed by atoms with E-state index in [1.807, 2.05) is 0 Å². The smallest absolute Gasteiger partial charge is 0.352 e. The fraction of sp³-hybridized carbons (Fsp3) is 1.00. The van der Waals surface area contributed by atoms with Crippen molar-refractivity contribution in [1.82, 2.24) is 0 Å². The van der Waals surface area contributed by atoms with Crippen LogP contribution in [0.2, 0.25) is 0 Å². The van der Waals surface area contributed by atoms with E-state index in [1.165, 1.54) is 13.8 Å². The number of rotatable bonds is 8. The van der Waals surface area contributed by atoms with Crippen molar-refractivity contribution in [3.05, 3.63) is 0 Å². The van der Waals surface area contributed by atoms with E-state index in [0.717, 1.165) is 0 Å². The minimum absolute atomic E-state index is 0.583. The molecule has 0 aliphatic heterocycles. The van der Waals surface area contributed by atoms with Gasteiger partial charge in [0.2, 0.25) is 0 Å². The van der Waals surface area contributed by atoms with Crippen molar-refractivity contribution in [2.75, 3.05) is 13.2 Å². The summed E-state index contributed by atoms with van der Waals surface area (Å²) < 4.78 is 85.1. The fourth-order valence-electron chi connectivity index (χ4n) is 1.03. The molecule has 0 radical (unpaired) electrons. The predicted molar refractivity (Wildman–Crippen MR) is 53.3 cm³/mol. The molecule has 0 N–H and O–H groups in total. The Morgan fingerprint density at radius 2 is 1.05 bits per heavy atom. The van der Waals surface area contributed by atoms with Crippen LogP contribution in [-0.2, 0) is 14.2 Å². The molecule has 0 aromatic heterocycles. The van der Waals surface area contributed by atoms with Gasteiger partial charge in [-0.3, -0.25) is 0 Å². The molecule has 0 aliphatic carbocycles. The molecule has 0 bridgehead atoms. The molecule has 0 amide bonds. The van der Waals surface area contributed by atoms with Gasteiger partial charge in [0.1, 0.15) is 0 Å². The van der Waals surface area contributed by atoms with Crippen LogP contribution in [0, 0.1) is 0 Å². The summed E-state index contributed by atoms with van der Waals surface area (Å²) in [6.07, 6.45) is -12.9. The number of alkyl halides is 6. The number of halogens is 6. The van der Waals surface area contributed by atoms with Crippen LogP contribution in [0.25, 0.3) is 0 Å². The van der Waals surface area contributed by atoms with Gasteiger partial charge in [-0.1, -0.05) is 0 Å². The highest BCUT2D eigenvalue weighted by molar-refractivity contribution is 4.50. The van der Waals surface area contributed by atoms with Crippen LogP contribution in [0.3, 0.4) is 0 Å². The maximum atomic E-state index is 11.8. The quantitative estimate of drug-likeness (QED) is 0.506. The van der Waals surface area contributed by atoms with Gasteiger partial charge in [0.25, 0.3) is 0 Å². The van der Waals surface area contributed by atoms with E-state index in [-0.39, 0.29) is 0 Å². The molecular weight excluding hydrogens is 282 g/mol. The summed E-state index contributed by atoms with van der Waals surface area (Å²) in [6, 6.07) is 0. The molecule has 0 saturated carbocycles. The topological polar surface area (TPSA) is 27.7 Å². The van der Waals surface area contributed by atoms with E-state index in [0.29, 0.717) is 0 Å². The van der Waals surface area contributed by atoms with Crippen molar-refractivity contribution < 1.29 is 40.6 Å². The van der Waals surface area contributed by atoms with E-state index in [9.17, 15) is 26.3 Å². The van der Waals surface area contributed by atoms with Crippen molar-refractivity contribution in [2.45, 2.75) is 51.6 Å². The maximum absolute atomic E-state index is 11.8. The van der Waals surface area contributed by atoms with Crippen LogP contribution in [-0.4, -0.2) is 38.1 Å². The minimum Gasteiger partial charge on any atom is -0.352 e. The second-order valence-corrected chi connectivity index (χ2v) is 3.74. The van der Waals surface area contributed by atoms with Gasteiger partial charge in [-0.25, -0.2) is 0 Å². The Hall–Kier alpha value is -0.540. The lowest BCUT2D eigenvalue weighted by Gasteiger charge is -2.20. The fourth-order valence-corrected chi connectivity index (χ4v) is 1.03. The average molecular weight is 298 g/mol. The summed E-state index contributed by atoms with van der Waals surface area (Å²) in [5.41, 5.74) is 0. The van der Waals surface area contributed by atoms with Crippen LogP contribution in [0.5, 0.6) is 0 Å². The summed E-state index contributed by atoms with van der Waals surface area (Å²) >= 11 is 0. The van der Waals surface area contributed by atoms with Gasteiger partial charge in [-0.05, 0) is 13.8 Å². The highest BCUT2D eigenvalue weighted by Gasteiger charge is 2.28. The third-order valence-corrected chi connectivity index (χ3v) is 1.86. The Labute approximate surface area is 106 Å². The first-order valence-corrected chi connectivity index (χ1v) is 5.52. The molecule has 116 valence electrons. The van der Waals surface area contributed by atoms with Gasteiger partial charge in [0.15, 0.2) is 12.6 Å². The third kappa shape index (κ3) is 13.7. The largest absolute Gasteiger partial charge is 0.391 e. The zero-order valence-electron chi connectivity index (χ0n) is 10.5. The van der Waals surface area contributed by atoms with Crippen molar-refractivity contribution >= 4 is 0 Å². The van der Waals surface area contributed by atoms with E-state index in [1.54, 1.807) is 0 Å². The summed E-state index contributed by atoms with van der Waals surface area (Å²) in [5.74, 6) is 0. The summed E-state index contributed by atoms with van der Waals surface area (Å²) in [6.45, 7) is 1.50. The second kappa shape index (κ2) is 7.91. The zero-order chi connectivity index (χ0) is 15.1. The standard InChI is InChI=1S/C10H16F6O3/c1-7(17-5-3-9(11,12)13)19-8(2)18-6-4-10(14,15)16/h7-8H,3-6H2,1-2H3. The molecule has 0 saturated heterocycles. The minimum atomic E-state index is -4.32. The monoisotopic (exact) mass is 298 g/mol. The highest BCUT2D eigenvalue weighted by atomic mass is 19.4. The maximum Gasteiger partial charge on any atom is 0.391 e. The number of hydrogen-bond donors (Lipinski definition) is 0. The highest BCUT2D eigenvalue weighted by Crippen LogP contribution is 2.20. The van der Waals surface area contributed by atoms with Crippen LogP contribution < -0.4 is 0 Å². The molecule has 0 aliphatic rings. The number of hydrogen-bond acceptors (Lipinski definition) is 3. The van der Waals surface area contributed by atoms with Crippen LogP contribution in [0.15, 0.2) is 0 Å². The lowest BCUT2D eigenvalue weighted by Crippen LogP contribution is -2.25. The van der Waals surface area contributed by atoms with E-state index in [2.05, 4.69) is 0 Å². The van der Waals surface area contributed by atoms with E-state index >= 15 is 0 Å². The SMILES string of the molecule is CC(OCCC(F)(F)F)OC(C)OCCC(F)(F)F. The van der Waals surface area contributed by atoms with E-state index < -0.39 is 51.0 Å². The van der Waals surface area contributed by atoms with Crippen LogP contribution >= 0.6 is 0 Å². The van der Waals surface area contributed by atoms with Crippen molar-refractivity contribution in [3.63, 3.8) is 0 Å². The van der Waals surface area contributed by atoms with E-state index in [4.69, 9.17) is 14.2 Å². The lowest BCUT2D eigenvalue weighted by molar-refractivity contribution is -0.245. The first-order chi connectivity index (χ1) is 8.49. The first kappa shape index (κ1) is 18.5. The molecule has 0 heterocycles. The summed E-state index contributed by atoms with van der Waals surface area (Å²) in [7, 11) is 0. The number of ether oxygens (including phenoxy) is 3. The second-order valence-electron chi connectivity index (χ2n) is 3.74. The Balaban J connectivity index is 3.66. The predicted octanol–water partition coefficient (Wildman–Crippen LogP) is 3.63. The first-order valence-electron chi connectivity index (χ1n) is 5.52. The van der Waals surface area contributed by atoms with Gasteiger partial charge < -0.3 is 14.2 Å². The van der Waals surface area contributed by atoms with Gasteiger partial charge in [0.05, 0.1) is 26.1 Å². The third-order valence-electron chi connectivity index (χ3n) is 1.86. The molecule has 3 nitrogen and oxygen atoms in total. The van der Waals surface area contributed by atoms with Gasteiger partial charge in [-0.15, -0.1) is 0 Å². The van der Waals surface area contributed by atoms with Crippen molar-refractivity contribution in [3.8, 4) is 0 Å². The van der Waals surface area contributed by atoms with Crippen molar-refractivity contribution in [2.24, 2.45) is 0 Å². The molecule has 0 fully saturated rings. The normalized spacial score (nSPS) is 16.4. The van der Waals surface area contributed by atoms with Crippen LogP contribution in [0.1, 0.15) is 26.7 Å². The Morgan fingerprint density at radius 1 is 0.737 bits per heavy atom. The molecule has 0 aromatic carbocycles. The zero-order valence-corrected chi connectivity index (χ0v) is 10.5. The Kier molecular flexibility index (Phi) is 7.68. The summed E-state index contributed by atoms with van der Waals surface area (Å²) in [5, 5.41) is 0. The summed E-state index contributed by atoms with van der Waals surface area (Å²) in [4.78, 5) is 0. The van der Waals surface area contributed by atoms with Gasteiger partial charge in [0, 0.05) is 0 Å². The molecule has 0 rings (SSSR count). The lowest BCUT2D eigenvalue weighted by atomic mass is 10.4. The molecule has 2 atom stereocenters. The van der Waals surface area contributed by atoms with Gasteiger partial charge >= 0.3 is 12.4 Å².